The summed E-state index contributed by atoms with van der Waals surface area (Å²) in [6, 6.07) is 8.65. The van der Waals surface area contributed by atoms with Crippen molar-refractivity contribution < 1.29 is 35.5 Å². The van der Waals surface area contributed by atoms with Crippen molar-refractivity contribution >= 4 is 39.7 Å². The van der Waals surface area contributed by atoms with Crippen LogP contribution < -0.4 is 21.0 Å². The van der Waals surface area contributed by atoms with E-state index in [0.29, 0.717) is 11.8 Å². The normalized spacial score (nSPS) is 11.9. The molecule has 0 saturated carbocycles. The molecule has 0 saturated heterocycles. The molecule has 1 aromatic heterocycles. The van der Waals surface area contributed by atoms with E-state index >= 15 is 0 Å². The SMILES string of the molecule is O=c1cc(C(F)(F)F)c2cc(NC(=S)Nc3ccc(OC(F)(F)F)cc3)ccc2o1. The maximum absolute atomic E-state index is 13.2. The molecule has 5 nitrogen and oxygen atoms in total. The predicted octanol–water partition coefficient (Wildman–Crippen LogP) is 5.52. The number of ether oxygens (including phenoxy) is 1. The second-order valence-electron chi connectivity index (χ2n) is 5.84. The molecule has 0 spiro atoms. The number of hydrogen-bond acceptors (Lipinski definition) is 4. The summed E-state index contributed by atoms with van der Waals surface area (Å²) in [5.41, 5.74) is -2.07. The molecule has 3 rings (SSSR count). The first-order valence-corrected chi connectivity index (χ1v) is 8.40. The highest BCUT2D eigenvalue weighted by Crippen LogP contribution is 2.34. The summed E-state index contributed by atoms with van der Waals surface area (Å²) in [6.07, 6.45) is -9.60. The van der Waals surface area contributed by atoms with Gasteiger partial charge in [0.15, 0.2) is 5.11 Å². The fourth-order valence-corrected chi connectivity index (χ4v) is 2.74. The summed E-state index contributed by atoms with van der Waals surface area (Å²) in [6.45, 7) is 0. The van der Waals surface area contributed by atoms with Gasteiger partial charge in [0.2, 0.25) is 0 Å². The molecule has 2 N–H and O–H groups in total. The van der Waals surface area contributed by atoms with Gasteiger partial charge in [0.25, 0.3) is 0 Å². The van der Waals surface area contributed by atoms with Crippen LogP contribution in [0.1, 0.15) is 5.56 Å². The van der Waals surface area contributed by atoms with E-state index in [9.17, 15) is 31.1 Å². The molecule has 0 atom stereocenters. The minimum Gasteiger partial charge on any atom is -0.423 e. The summed E-state index contributed by atoms with van der Waals surface area (Å²) in [4.78, 5) is 11.3. The smallest absolute Gasteiger partial charge is 0.423 e. The largest absolute Gasteiger partial charge is 0.573 e. The van der Waals surface area contributed by atoms with Gasteiger partial charge in [-0.3, -0.25) is 0 Å². The average Bonchev–Trinajstić information content (AvgIpc) is 2.61. The van der Waals surface area contributed by atoms with Crippen LogP contribution in [0, 0.1) is 0 Å². The Morgan fingerprint density at radius 2 is 1.50 bits per heavy atom. The van der Waals surface area contributed by atoms with E-state index in [4.69, 9.17) is 16.6 Å². The standard InChI is InChI=1S/C18H10F6N2O3S/c19-17(20,21)13-8-15(27)28-14-6-3-10(7-12(13)14)26-16(30)25-9-1-4-11(5-2-9)29-18(22,23)24/h1-8H,(H2,25,26,30). The van der Waals surface area contributed by atoms with Crippen LogP contribution in [0.5, 0.6) is 5.75 Å². The molecular formula is C18H10F6N2O3S. The number of alkyl halides is 6. The molecule has 0 aliphatic rings. The van der Waals surface area contributed by atoms with E-state index < -0.39 is 29.5 Å². The lowest BCUT2D eigenvalue weighted by atomic mass is 10.1. The maximum atomic E-state index is 13.2. The van der Waals surface area contributed by atoms with Crippen molar-refractivity contribution in [3.8, 4) is 5.75 Å². The average molecular weight is 448 g/mol. The van der Waals surface area contributed by atoms with Crippen LogP contribution in [0.2, 0.25) is 0 Å². The van der Waals surface area contributed by atoms with Crippen molar-refractivity contribution in [2.24, 2.45) is 0 Å². The lowest BCUT2D eigenvalue weighted by Crippen LogP contribution is -2.19. The Labute approximate surface area is 169 Å². The molecule has 0 aliphatic carbocycles. The van der Waals surface area contributed by atoms with Crippen LogP contribution in [0.25, 0.3) is 11.0 Å². The summed E-state index contributed by atoms with van der Waals surface area (Å²) in [7, 11) is 0. The lowest BCUT2D eigenvalue weighted by Gasteiger charge is -2.13. The number of anilines is 2. The first-order valence-electron chi connectivity index (χ1n) is 8.00. The zero-order valence-electron chi connectivity index (χ0n) is 14.5. The molecule has 0 fully saturated rings. The van der Waals surface area contributed by atoms with E-state index in [1.165, 1.54) is 24.3 Å². The maximum Gasteiger partial charge on any atom is 0.573 e. The van der Waals surface area contributed by atoms with Crippen LogP contribution in [0.3, 0.4) is 0 Å². The van der Waals surface area contributed by atoms with Crippen LogP contribution in [0.15, 0.2) is 57.7 Å². The Kier molecular flexibility index (Phi) is 5.61. The third-order valence-corrected chi connectivity index (χ3v) is 3.86. The van der Waals surface area contributed by atoms with Gasteiger partial charge >= 0.3 is 18.2 Å². The van der Waals surface area contributed by atoms with Crippen molar-refractivity contribution in [3.05, 3.63) is 64.5 Å². The molecule has 0 unspecified atom stereocenters. The number of hydrogen-bond donors (Lipinski definition) is 2. The van der Waals surface area contributed by atoms with Gasteiger partial charge < -0.3 is 19.8 Å². The molecule has 158 valence electrons. The molecule has 1 heterocycles. The number of benzene rings is 2. The third-order valence-electron chi connectivity index (χ3n) is 3.65. The number of thiocarbonyl (C=S) groups is 1. The molecule has 0 amide bonds. The predicted molar refractivity (Wildman–Crippen MR) is 100 cm³/mol. The van der Waals surface area contributed by atoms with Gasteiger partial charge in [-0.05, 0) is 54.7 Å². The van der Waals surface area contributed by atoms with Crippen molar-refractivity contribution in [1.82, 2.24) is 0 Å². The highest BCUT2D eigenvalue weighted by atomic mass is 32.1. The first kappa shape index (κ1) is 21.4. The van der Waals surface area contributed by atoms with Crippen LogP contribution in [0.4, 0.5) is 37.7 Å². The fourth-order valence-electron chi connectivity index (χ4n) is 2.51. The zero-order valence-corrected chi connectivity index (χ0v) is 15.3. The molecule has 0 aliphatic heterocycles. The molecule has 30 heavy (non-hydrogen) atoms. The van der Waals surface area contributed by atoms with E-state index in [1.807, 2.05) is 0 Å². The molecular weight excluding hydrogens is 438 g/mol. The second-order valence-corrected chi connectivity index (χ2v) is 6.25. The van der Waals surface area contributed by atoms with Gasteiger partial charge in [0, 0.05) is 22.8 Å². The zero-order chi connectivity index (χ0) is 22.1. The Hall–Kier alpha value is -3.28. The number of halogens is 6. The van der Waals surface area contributed by atoms with Gasteiger partial charge in [-0.15, -0.1) is 13.2 Å². The summed E-state index contributed by atoms with van der Waals surface area (Å²) < 4.78 is 84.6. The quantitative estimate of drug-likeness (QED) is 0.313. The molecule has 3 aromatic rings. The minimum absolute atomic E-state index is 0.0372. The summed E-state index contributed by atoms with van der Waals surface area (Å²) >= 11 is 5.06. The van der Waals surface area contributed by atoms with E-state index in [-0.39, 0.29) is 21.8 Å². The van der Waals surface area contributed by atoms with Crippen LogP contribution in [-0.2, 0) is 6.18 Å². The highest BCUT2D eigenvalue weighted by Gasteiger charge is 2.34. The lowest BCUT2D eigenvalue weighted by molar-refractivity contribution is -0.274. The number of fused-ring (bicyclic) bond motifs is 1. The van der Waals surface area contributed by atoms with Gasteiger partial charge in [0.05, 0.1) is 5.56 Å². The van der Waals surface area contributed by atoms with Crippen LogP contribution >= 0.6 is 12.2 Å². The van der Waals surface area contributed by atoms with Crippen molar-refractivity contribution in [2.45, 2.75) is 12.5 Å². The Morgan fingerprint density at radius 3 is 2.10 bits per heavy atom. The summed E-state index contributed by atoms with van der Waals surface area (Å²) in [5, 5.41) is 4.94. The summed E-state index contributed by atoms with van der Waals surface area (Å²) in [5.74, 6) is -0.428. The Balaban J connectivity index is 1.77. The monoisotopic (exact) mass is 448 g/mol. The third kappa shape index (κ3) is 5.41. The van der Waals surface area contributed by atoms with E-state index in [0.717, 1.165) is 18.2 Å². The van der Waals surface area contributed by atoms with E-state index in [1.54, 1.807) is 0 Å². The van der Waals surface area contributed by atoms with Crippen molar-refractivity contribution in [3.63, 3.8) is 0 Å². The topological polar surface area (TPSA) is 63.5 Å². The van der Waals surface area contributed by atoms with Gasteiger partial charge in [-0.2, -0.15) is 13.2 Å². The Bertz CT molecular complexity index is 1140. The highest BCUT2D eigenvalue weighted by molar-refractivity contribution is 7.80. The van der Waals surface area contributed by atoms with E-state index in [2.05, 4.69) is 15.4 Å². The molecule has 0 radical (unpaired) electrons. The Morgan fingerprint density at radius 1 is 0.900 bits per heavy atom. The van der Waals surface area contributed by atoms with Crippen molar-refractivity contribution in [1.29, 1.82) is 0 Å². The first-order chi connectivity index (χ1) is 13.9. The van der Waals surface area contributed by atoms with Crippen LogP contribution in [-0.4, -0.2) is 11.5 Å². The molecule has 12 heteroatoms. The number of rotatable bonds is 3. The molecule has 0 bridgehead atoms. The van der Waals surface area contributed by atoms with Gasteiger partial charge in [0.1, 0.15) is 11.3 Å². The minimum atomic E-state index is -4.82. The molecule has 2 aromatic carbocycles. The van der Waals surface area contributed by atoms with Crippen molar-refractivity contribution in [2.75, 3.05) is 10.6 Å². The number of nitrogens with one attached hydrogen (secondary N) is 2. The van der Waals surface area contributed by atoms with Gasteiger partial charge in [-0.25, -0.2) is 4.79 Å². The van der Waals surface area contributed by atoms with Gasteiger partial charge in [-0.1, -0.05) is 0 Å². The second kappa shape index (κ2) is 7.86. The fraction of sp³-hybridized carbons (Fsp3) is 0.111.